The fourth-order valence-electron chi connectivity index (χ4n) is 6.00. The third-order valence-electron chi connectivity index (χ3n) is 9.12. The van der Waals surface area contributed by atoms with E-state index in [9.17, 15) is 18.8 Å². The average Bonchev–Trinajstić information content (AvgIpc) is 3.35. The molecular formula is C33H42Cl2FN5O3. The lowest BCUT2D eigenvalue weighted by Crippen LogP contribution is -2.67. The molecule has 44 heavy (non-hydrogen) atoms. The zero-order valence-corrected chi connectivity index (χ0v) is 27.2. The fourth-order valence-corrected chi connectivity index (χ4v) is 6.54. The molecule has 1 aliphatic carbocycles. The highest BCUT2D eigenvalue weighted by Crippen LogP contribution is 2.38. The summed E-state index contributed by atoms with van der Waals surface area (Å²) in [5, 5.41) is 11.0. The Morgan fingerprint density at radius 3 is 2.41 bits per heavy atom. The Morgan fingerprint density at radius 1 is 1.07 bits per heavy atom. The lowest BCUT2D eigenvalue weighted by molar-refractivity contribution is -0.137. The number of fused-ring (bicyclic) bond motifs is 3. The van der Waals surface area contributed by atoms with Crippen molar-refractivity contribution in [1.29, 1.82) is 0 Å². The molecule has 0 spiro atoms. The van der Waals surface area contributed by atoms with Crippen LogP contribution in [0.1, 0.15) is 63.8 Å². The van der Waals surface area contributed by atoms with E-state index in [-0.39, 0.29) is 36.4 Å². The summed E-state index contributed by atoms with van der Waals surface area (Å²) in [4.78, 5) is 44.1. The smallest absolute Gasteiger partial charge is 0.246 e. The summed E-state index contributed by atoms with van der Waals surface area (Å²) in [7, 11) is 0. The molecule has 0 saturated carbocycles. The maximum absolute atomic E-state index is 14.2. The van der Waals surface area contributed by atoms with Crippen LogP contribution in [0.5, 0.6) is 0 Å². The highest BCUT2D eigenvalue weighted by molar-refractivity contribution is 6.38. The second kappa shape index (κ2) is 14.3. The summed E-state index contributed by atoms with van der Waals surface area (Å²) < 4.78 is 14.2. The Morgan fingerprint density at radius 2 is 1.75 bits per heavy atom. The number of primary amides is 1. The first-order valence-electron chi connectivity index (χ1n) is 15.3. The monoisotopic (exact) mass is 645 g/mol. The van der Waals surface area contributed by atoms with Crippen LogP contribution in [0.4, 0.5) is 4.39 Å². The van der Waals surface area contributed by atoms with Gasteiger partial charge in [-0.1, -0.05) is 81.9 Å². The van der Waals surface area contributed by atoms with Gasteiger partial charge in [0, 0.05) is 29.1 Å². The number of carbonyl (C=O) groups excluding carboxylic acids is 3. The van der Waals surface area contributed by atoms with Crippen molar-refractivity contribution >= 4 is 51.8 Å². The molecule has 0 fully saturated rings. The number of aromatic amines is 1. The number of benzene rings is 2. The van der Waals surface area contributed by atoms with E-state index in [1.54, 1.807) is 30.3 Å². The van der Waals surface area contributed by atoms with Crippen LogP contribution in [0, 0.1) is 17.7 Å². The van der Waals surface area contributed by atoms with Gasteiger partial charge in [-0.15, -0.1) is 0 Å². The zero-order chi connectivity index (χ0) is 32.2. The van der Waals surface area contributed by atoms with Gasteiger partial charge in [-0.05, 0) is 60.4 Å². The standard InChI is InChI=1S/C33H42Cl2FN5O3/c1-5-18(3)27(30(37)42)40-32(44)33(13-11-26-23(17-33)22-15-21(34)16-24(35)29(22)39-26)41-31(43)28(19(4)6-2)38-14-12-20-9-7-8-10-25(20)36/h7-10,15-16,18-19,27-28,38-39H,5-6,11-14,17H2,1-4H3,(H2,37,42)(H,40,44)(H,41,43)/t18?,19?,27?,28?,33-/m1/s1. The minimum atomic E-state index is -1.38. The van der Waals surface area contributed by atoms with Crippen molar-refractivity contribution in [2.75, 3.05) is 6.54 Å². The van der Waals surface area contributed by atoms with Gasteiger partial charge in [0.2, 0.25) is 17.7 Å². The number of hydrogen-bond acceptors (Lipinski definition) is 4. The third kappa shape index (κ3) is 7.22. The largest absolute Gasteiger partial charge is 0.368 e. The molecule has 4 rings (SSSR count). The maximum Gasteiger partial charge on any atom is 0.246 e. The molecule has 3 aromatic rings. The number of amides is 3. The number of aryl methyl sites for hydroxylation is 1. The number of carbonyl (C=O) groups is 3. The van der Waals surface area contributed by atoms with Crippen LogP contribution in [0.25, 0.3) is 10.9 Å². The molecule has 11 heteroatoms. The van der Waals surface area contributed by atoms with Crippen LogP contribution >= 0.6 is 23.2 Å². The van der Waals surface area contributed by atoms with E-state index in [0.29, 0.717) is 53.4 Å². The molecule has 6 N–H and O–H groups in total. The van der Waals surface area contributed by atoms with Crippen molar-refractivity contribution in [3.63, 3.8) is 0 Å². The van der Waals surface area contributed by atoms with Crippen LogP contribution in [-0.4, -0.2) is 46.9 Å². The quantitative estimate of drug-likeness (QED) is 0.174. The molecular weight excluding hydrogens is 604 g/mol. The molecule has 0 aliphatic heterocycles. The highest BCUT2D eigenvalue weighted by Gasteiger charge is 2.46. The first kappa shape index (κ1) is 33.7. The second-order valence-electron chi connectivity index (χ2n) is 12.0. The maximum atomic E-state index is 14.2. The predicted octanol–water partition coefficient (Wildman–Crippen LogP) is 5.22. The fraction of sp³-hybridized carbons (Fsp3) is 0.485. The lowest BCUT2D eigenvalue weighted by atomic mass is 9.78. The molecule has 2 aromatic carbocycles. The molecule has 238 valence electrons. The Kier molecular flexibility index (Phi) is 11.0. The predicted molar refractivity (Wildman–Crippen MR) is 173 cm³/mol. The molecule has 1 aromatic heterocycles. The Hall–Kier alpha value is -3.14. The number of aromatic nitrogens is 1. The Bertz CT molecular complexity index is 1530. The first-order valence-corrected chi connectivity index (χ1v) is 16.0. The van der Waals surface area contributed by atoms with E-state index in [1.807, 2.05) is 27.7 Å². The number of nitrogens with two attached hydrogens (primary N) is 1. The molecule has 0 saturated heterocycles. The summed E-state index contributed by atoms with van der Waals surface area (Å²) in [6, 6.07) is 8.46. The molecule has 8 nitrogen and oxygen atoms in total. The number of rotatable bonds is 13. The van der Waals surface area contributed by atoms with Gasteiger partial charge < -0.3 is 26.7 Å². The van der Waals surface area contributed by atoms with E-state index >= 15 is 0 Å². The Balaban J connectivity index is 1.67. The second-order valence-corrected chi connectivity index (χ2v) is 12.9. The van der Waals surface area contributed by atoms with Crippen molar-refractivity contribution in [3.8, 4) is 0 Å². The molecule has 3 amide bonds. The number of halogens is 3. The minimum Gasteiger partial charge on any atom is -0.368 e. The van der Waals surface area contributed by atoms with E-state index in [1.165, 1.54) is 6.07 Å². The van der Waals surface area contributed by atoms with Crippen LogP contribution in [0.2, 0.25) is 10.0 Å². The van der Waals surface area contributed by atoms with Gasteiger partial charge in [-0.3, -0.25) is 14.4 Å². The minimum absolute atomic E-state index is 0.0842. The highest BCUT2D eigenvalue weighted by atomic mass is 35.5. The number of hydrogen-bond donors (Lipinski definition) is 5. The van der Waals surface area contributed by atoms with Gasteiger partial charge in [0.1, 0.15) is 17.4 Å². The van der Waals surface area contributed by atoms with E-state index in [2.05, 4.69) is 20.9 Å². The van der Waals surface area contributed by atoms with Crippen molar-refractivity contribution in [2.24, 2.45) is 17.6 Å². The molecule has 5 atom stereocenters. The van der Waals surface area contributed by atoms with Gasteiger partial charge in [0.15, 0.2) is 0 Å². The van der Waals surface area contributed by atoms with Crippen LogP contribution in [-0.2, 0) is 33.6 Å². The van der Waals surface area contributed by atoms with Gasteiger partial charge in [-0.2, -0.15) is 0 Å². The topological polar surface area (TPSA) is 129 Å². The summed E-state index contributed by atoms with van der Waals surface area (Å²) in [6.07, 6.45) is 2.61. The SMILES string of the molecule is CCC(C)C(NC(=O)[C@@]1(NC(=O)C(NCCc2ccccc2F)C(C)CC)CCc2[nH]c3c(Cl)cc(Cl)cc3c2C1)C(N)=O. The summed E-state index contributed by atoms with van der Waals surface area (Å²) in [5.74, 6) is -2.04. The zero-order valence-electron chi connectivity index (χ0n) is 25.7. The normalized spacial score (nSPS) is 19.1. The first-order chi connectivity index (χ1) is 20.9. The number of H-pyrrole nitrogens is 1. The summed E-state index contributed by atoms with van der Waals surface area (Å²) >= 11 is 12.9. The van der Waals surface area contributed by atoms with Gasteiger partial charge >= 0.3 is 0 Å². The Labute approximate surface area is 268 Å². The van der Waals surface area contributed by atoms with Crippen molar-refractivity contribution in [2.45, 2.75) is 83.8 Å². The van der Waals surface area contributed by atoms with Gasteiger partial charge in [-0.25, -0.2) is 4.39 Å². The van der Waals surface area contributed by atoms with Crippen LogP contribution < -0.4 is 21.7 Å². The molecule has 0 bridgehead atoms. The lowest BCUT2D eigenvalue weighted by Gasteiger charge is -2.39. The van der Waals surface area contributed by atoms with Gasteiger partial charge in [0.25, 0.3) is 0 Å². The van der Waals surface area contributed by atoms with Crippen molar-refractivity contribution < 1.29 is 18.8 Å². The average molecular weight is 647 g/mol. The van der Waals surface area contributed by atoms with Crippen molar-refractivity contribution in [1.82, 2.24) is 20.9 Å². The molecule has 1 aliphatic rings. The van der Waals surface area contributed by atoms with E-state index in [4.69, 9.17) is 28.9 Å². The third-order valence-corrected chi connectivity index (χ3v) is 9.63. The molecule has 0 radical (unpaired) electrons. The summed E-state index contributed by atoms with van der Waals surface area (Å²) in [5.41, 5.74) is 7.34. The molecule has 1 heterocycles. The van der Waals surface area contributed by atoms with Crippen molar-refractivity contribution in [3.05, 3.63) is 69.1 Å². The number of nitrogens with one attached hydrogen (secondary N) is 4. The van der Waals surface area contributed by atoms with Crippen LogP contribution in [0.3, 0.4) is 0 Å². The van der Waals surface area contributed by atoms with E-state index < -0.39 is 29.4 Å². The van der Waals surface area contributed by atoms with Crippen LogP contribution in [0.15, 0.2) is 36.4 Å². The summed E-state index contributed by atoms with van der Waals surface area (Å²) in [6.45, 7) is 8.08. The van der Waals surface area contributed by atoms with Gasteiger partial charge in [0.05, 0.1) is 16.6 Å². The molecule has 4 unspecified atom stereocenters. The van der Waals surface area contributed by atoms with E-state index in [0.717, 1.165) is 16.6 Å².